The number of para-hydroxylation sites is 1. The van der Waals surface area contributed by atoms with Gasteiger partial charge < -0.3 is 4.90 Å². The number of hydrogen-bond acceptors (Lipinski definition) is 3. The van der Waals surface area contributed by atoms with Gasteiger partial charge in [-0.3, -0.25) is 4.79 Å². The molecule has 0 saturated carbocycles. The topological polar surface area (TPSA) is 33.2 Å². The van der Waals surface area contributed by atoms with Crippen molar-refractivity contribution in [3.05, 3.63) is 42.1 Å². The number of fused-ring (bicyclic) bond motifs is 1. The summed E-state index contributed by atoms with van der Waals surface area (Å²) in [4.78, 5) is 19.4. The molecular weight excluding hydrogens is 292 g/mol. The SMILES string of the molecule is CCSC1CCCCN(C(=O)c2ccc3ccccc3n2)C1. The van der Waals surface area contributed by atoms with Crippen LogP contribution in [0.15, 0.2) is 36.4 Å². The lowest BCUT2D eigenvalue weighted by molar-refractivity contribution is 0.0758. The van der Waals surface area contributed by atoms with Crippen LogP contribution in [0.2, 0.25) is 0 Å². The molecule has 2 aromatic rings. The van der Waals surface area contributed by atoms with E-state index in [0.29, 0.717) is 10.9 Å². The Morgan fingerprint density at radius 1 is 1.27 bits per heavy atom. The summed E-state index contributed by atoms with van der Waals surface area (Å²) >= 11 is 1.97. The van der Waals surface area contributed by atoms with Crippen LogP contribution in [0.5, 0.6) is 0 Å². The fraction of sp³-hybridized carbons (Fsp3) is 0.444. The van der Waals surface area contributed by atoms with Crippen LogP contribution in [0.3, 0.4) is 0 Å². The Hall–Kier alpha value is -1.55. The lowest BCUT2D eigenvalue weighted by Crippen LogP contribution is -2.36. The average molecular weight is 314 g/mol. The third-order valence-corrected chi connectivity index (χ3v) is 5.32. The van der Waals surface area contributed by atoms with Crippen molar-refractivity contribution in [2.75, 3.05) is 18.8 Å². The van der Waals surface area contributed by atoms with Gasteiger partial charge in [-0.05, 0) is 30.7 Å². The van der Waals surface area contributed by atoms with Gasteiger partial charge in [-0.2, -0.15) is 11.8 Å². The Morgan fingerprint density at radius 3 is 3.00 bits per heavy atom. The monoisotopic (exact) mass is 314 g/mol. The number of hydrogen-bond donors (Lipinski definition) is 0. The first kappa shape index (κ1) is 15.3. The number of amides is 1. The maximum atomic E-state index is 12.8. The van der Waals surface area contributed by atoms with Crippen molar-refractivity contribution < 1.29 is 4.79 Å². The van der Waals surface area contributed by atoms with Gasteiger partial charge in [0.2, 0.25) is 0 Å². The number of nitrogens with zero attached hydrogens (tertiary/aromatic N) is 2. The molecule has 0 N–H and O–H groups in total. The minimum Gasteiger partial charge on any atom is -0.336 e. The molecule has 116 valence electrons. The molecule has 1 aliphatic rings. The molecule has 1 unspecified atom stereocenters. The Kier molecular flexibility index (Phi) is 4.98. The van der Waals surface area contributed by atoms with Gasteiger partial charge in [0.15, 0.2) is 0 Å². The van der Waals surface area contributed by atoms with E-state index in [1.54, 1.807) is 0 Å². The van der Waals surface area contributed by atoms with Gasteiger partial charge in [0.1, 0.15) is 5.69 Å². The highest BCUT2D eigenvalue weighted by Crippen LogP contribution is 2.23. The summed E-state index contributed by atoms with van der Waals surface area (Å²) in [5.74, 6) is 1.19. The van der Waals surface area contributed by atoms with E-state index >= 15 is 0 Å². The number of carbonyl (C=O) groups is 1. The molecule has 0 radical (unpaired) electrons. The van der Waals surface area contributed by atoms with Gasteiger partial charge in [-0.15, -0.1) is 0 Å². The number of pyridine rings is 1. The molecule has 1 amide bonds. The van der Waals surface area contributed by atoms with Crippen molar-refractivity contribution >= 4 is 28.6 Å². The maximum absolute atomic E-state index is 12.8. The maximum Gasteiger partial charge on any atom is 0.272 e. The van der Waals surface area contributed by atoms with Gasteiger partial charge >= 0.3 is 0 Å². The second-order valence-corrected chi connectivity index (χ2v) is 7.29. The number of likely N-dealkylation sites (tertiary alicyclic amines) is 1. The van der Waals surface area contributed by atoms with Gasteiger partial charge in [0.05, 0.1) is 5.52 Å². The number of carbonyl (C=O) groups excluding carboxylic acids is 1. The van der Waals surface area contributed by atoms with Crippen molar-refractivity contribution in [3.8, 4) is 0 Å². The van der Waals surface area contributed by atoms with Crippen LogP contribution >= 0.6 is 11.8 Å². The highest BCUT2D eigenvalue weighted by molar-refractivity contribution is 7.99. The molecule has 0 spiro atoms. The predicted molar refractivity (Wildman–Crippen MR) is 93.4 cm³/mol. The largest absolute Gasteiger partial charge is 0.336 e. The lowest BCUT2D eigenvalue weighted by atomic mass is 10.2. The summed E-state index contributed by atoms with van der Waals surface area (Å²) < 4.78 is 0. The molecule has 3 nitrogen and oxygen atoms in total. The van der Waals surface area contributed by atoms with Crippen LogP contribution in [-0.2, 0) is 0 Å². The molecule has 0 aliphatic carbocycles. The minimum absolute atomic E-state index is 0.0781. The Balaban J connectivity index is 1.81. The van der Waals surface area contributed by atoms with Crippen molar-refractivity contribution in [2.24, 2.45) is 0 Å². The van der Waals surface area contributed by atoms with Crippen molar-refractivity contribution in [3.63, 3.8) is 0 Å². The molecule has 1 saturated heterocycles. The highest BCUT2D eigenvalue weighted by Gasteiger charge is 2.23. The van der Waals surface area contributed by atoms with Crippen LogP contribution in [0.4, 0.5) is 0 Å². The quantitative estimate of drug-likeness (QED) is 0.859. The van der Waals surface area contributed by atoms with Crippen molar-refractivity contribution in [2.45, 2.75) is 31.4 Å². The molecule has 2 heterocycles. The molecule has 1 atom stereocenters. The zero-order chi connectivity index (χ0) is 15.4. The van der Waals surface area contributed by atoms with Crippen molar-refractivity contribution in [1.82, 2.24) is 9.88 Å². The van der Waals surface area contributed by atoms with Gasteiger partial charge in [0, 0.05) is 23.7 Å². The van der Waals surface area contributed by atoms with Crippen LogP contribution in [0.25, 0.3) is 10.9 Å². The molecule has 1 aromatic heterocycles. The molecule has 22 heavy (non-hydrogen) atoms. The third kappa shape index (κ3) is 3.43. The van der Waals surface area contributed by atoms with Crippen molar-refractivity contribution in [1.29, 1.82) is 0 Å². The van der Waals surface area contributed by atoms with E-state index < -0.39 is 0 Å². The highest BCUT2D eigenvalue weighted by atomic mass is 32.2. The Labute approximate surface area is 136 Å². The molecule has 0 bridgehead atoms. The van der Waals surface area contributed by atoms with Gasteiger partial charge in [-0.25, -0.2) is 4.98 Å². The van der Waals surface area contributed by atoms with E-state index in [-0.39, 0.29) is 5.91 Å². The standard InChI is InChI=1S/C18H22N2OS/c1-2-22-15-8-5-6-12-20(13-15)18(21)17-11-10-14-7-3-4-9-16(14)19-17/h3-4,7,9-11,15H,2,5-6,8,12-13H2,1H3. The van der Waals surface area contributed by atoms with E-state index in [0.717, 1.165) is 36.2 Å². The molecule has 1 fully saturated rings. The Morgan fingerprint density at radius 2 is 2.14 bits per heavy atom. The van der Waals surface area contributed by atoms with E-state index in [2.05, 4.69) is 11.9 Å². The molecule has 4 heteroatoms. The first-order chi connectivity index (χ1) is 10.8. The minimum atomic E-state index is 0.0781. The zero-order valence-corrected chi connectivity index (χ0v) is 13.8. The number of benzene rings is 1. The van der Waals surface area contributed by atoms with Crippen LogP contribution < -0.4 is 0 Å². The summed E-state index contributed by atoms with van der Waals surface area (Å²) in [5.41, 5.74) is 1.46. The van der Waals surface area contributed by atoms with Crippen LogP contribution in [0, 0.1) is 0 Å². The fourth-order valence-corrected chi connectivity index (χ4v) is 4.10. The van der Waals surface area contributed by atoms with E-state index in [1.807, 2.05) is 53.1 Å². The first-order valence-electron chi connectivity index (χ1n) is 8.04. The van der Waals surface area contributed by atoms with E-state index in [9.17, 15) is 4.79 Å². The Bertz CT molecular complexity index is 658. The summed E-state index contributed by atoms with van der Waals surface area (Å²) in [6.45, 7) is 3.90. The fourth-order valence-electron chi connectivity index (χ4n) is 3.01. The molecule has 3 rings (SSSR count). The summed E-state index contributed by atoms with van der Waals surface area (Å²) in [5, 5.41) is 1.64. The number of rotatable bonds is 3. The zero-order valence-electron chi connectivity index (χ0n) is 13.0. The van der Waals surface area contributed by atoms with E-state index in [1.165, 1.54) is 12.8 Å². The molecule has 1 aromatic carbocycles. The summed E-state index contributed by atoms with van der Waals surface area (Å²) in [6.07, 6.45) is 3.53. The number of thioether (sulfide) groups is 1. The molecule has 1 aliphatic heterocycles. The molecular formula is C18H22N2OS. The van der Waals surface area contributed by atoms with Crippen LogP contribution in [0.1, 0.15) is 36.7 Å². The van der Waals surface area contributed by atoms with Gasteiger partial charge in [0.25, 0.3) is 5.91 Å². The second kappa shape index (κ2) is 7.14. The third-order valence-electron chi connectivity index (χ3n) is 4.14. The number of aromatic nitrogens is 1. The second-order valence-electron chi connectivity index (χ2n) is 5.71. The normalized spacial score (nSPS) is 19.1. The van der Waals surface area contributed by atoms with E-state index in [4.69, 9.17) is 0 Å². The van der Waals surface area contributed by atoms with Gasteiger partial charge in [-0.1, -0.05) is 37.6 Å². The predicted octanol–water partition coefficient (Wildman–Crippen LogP) is 3.98. The van der Waals surface area contributed by atoms with Crippen LogP contribution in [-0.4, -0.2) is 39.9 Å². The first-order valence-corrected chi connectivity index (χ1v) is 9.09. The summed E-state index contributed by atoms with van der Waals surface area (Å²) in [7, 11) is 0. The summed E-state index contributed by atoms with van der Waals surface area (Å²) in [6, 6.07) is 11.8. The smallest absolute Gasteiger partial charge is 0.272 e. The lowest BCUT2D eigenvalue weighted by Gasteiger charge is -2.23. The average Bonchev–Trinajstić information content (AvgIpc) is 2.80.